The number of nitrogens with one attached hydrogen (secondary N) is 2. The van der Waals surface area contributed by atoms with Crippen molar-refractivity contribution in [2.24, 2.45) is 5.73 Å². The predicted molar refractivity (Wildman–Crippen MR) is 48.4 cm³/mol. The SMILES string of the molecule is NC1NNC(=O)C1c1ccccc1. The van der Waals surface area contributed by atoms with Crippen molar-refractivity contribution >= 4 is 5.91 Å². The second-order valence-corrected chi connectivity index (χ2v) is 3.05. The Hall–Kier alpha value is -1.39. The van der Waals surface area contributed by atoms with Crippen LogP contribution in [0.25, 0.3) is 0 Å². The highest BCUT2D eigenvalue weighted by atomic mass is 16.2. The molecule has 0 aromatic heterocycles. The van der Waals surface area contributed by atoms with E-state index in [9.17, 15) is 4.79 Å². The second-order valence-electron chi connectivity index (χ2n) is 3.05. The number of nitrogens with two attached hydrogens (primary N) is 1. The maximum Gasteiger partial charge on any atom is 0.244 e. The van der Waals surface area contributed by atoms with Crippen LogP contribution in [0.1, 0.15) is 11.5 Å². The molecule has 0 saturated carbocycles. The summed E-state index contributed by atoms with van der Waals surface area (Å²) in [5, 5.41) is 0. The van der Waals surface area contributed by atoms with Gasteiger partial charge in [-0.25, -0.2) is 5.43 Å². The first kappa shape index (κ1) is 8.22. The Balaban J connectivity index is 2.30. The third-order valence-electron chi connectivity index (χ3n) is 2.16. The van der Waals surface area contributed by atoms with Crippen LogP contribution < -0.4 is 16.6 Å². The van der Waals surface area contributed by atoms with Crippen molar-refractivity contribution in [2.75, 3.05) is 0 Å². The molecule has 0 aliphatic carbocycles. The second kappa shape index (κ2) is 3.16. The fourth-order valence-corrected chi connectivity index (χ4v) is 1.50. The van der Waals surface area contributed by atoms with Crippen LogP contribution in [-0.4, -0.2) is 12.1 Å². The third kappa shape index (κ3) is 1.41. The summed E-state index contributed by atoms with van der Waals surface area (Å²) in [7, 11) is 0. The average Bonchev–Trinajstić information content (AvgIpc) is 2.48. The maximum atomic E-state index is 11.3. The van der Waals surface area contributed by atoms with E-state index in [-0.39, 0.29) is 18.0 Å². The zero-order valence-corrected chi connectivity index (χ0v) is 7.03. The first-order chi connectivity index (χ1) is 6.29. The van der Waals surface area contributed by atoms with Crippen molar-refractivity contribution in [3.8, 4) is 0 Å². The van der Waals surface area contributed by atoms with Crippen LogP contribution in [0, 0.1) is 0 Å². The van der Waals surface area contributed by atoms with E-state index < -0.39 is 0 Å². The third-order valence-corrected chi connectivity index (χ3v) is 2.16. The average molecular weight is 177 g/mol. The topological polar surface area (TPSA) is 67.2 Å². The fourth-order valence-electron chi connectivity index (χ4n) is 1.50. The van der Waals surface area contributed by atoms with E-state index >= 15 is 0 Å². The molecule has 1 amide bonds. The lowest BCUT2D eigenvalue weighted by atomic mass is 9.97. The molecule has 2 atom stereocenters. The summed E-state index contributed by atoms with van der Waals surface area (Å²) in [6.45, 7) is 0. The van der Waals surface area contributed by atoms with Gasteiger partial charge in [-0.3, -0.25) is 10.2 Å². The van der Waals surface area contributed by atoms with E-state index in [4.69, 9.17) is 5.73 Å². The highest BCUT2D eigenvalue weighted by Crippen LogP contribution is 2.19. The Bertz CT molecular complexity index is 312. The minimum absolute atomic E-state index is 0.0706. The number of amides is 1. The van der Waals surface area contributed by atoms with Crippen LogP contribution in [0.3, 0.4) is 0 Å². The molecule has 1 aromatic carbocycles. The smallest absolute Gasteiger partial charge is 0.244 e. The van der Waals surface area contributed by atoms with Crippen molar-refractivity contribution in [1.29, 1.82) is 0 Å². The molecule has 1 heterocycles. The molecule has 2 unspecified atom stereocenters. The Kier molecular flexibility index (Phi) is 2.00. The van der Waals surface area contributed by atoms with Crippen LogP contribution in [0.4, 0.5) is 0 Å². The first-order valence-electron chi connectivity index (χ1n) is 4.15. The number of carbonyl (C=O) groups is 1. The van der Waals surface area contributed by atoms with Crippen LogP contribution in [0.2, 0.25) is 0 Å². The fraction of sp³-hybridized carbons (Fsp3) is 0.222. The Labute approximate surface area is 76.1 Å². The summed E-state index contributed by atoms with van der Waals surface area (Å²) in [6, 6.07) is 9.50. The Morgan fingerprint density at radius 1 is 1.23 bits per heavy atom. The van der Waals surface area contributed by atoms with Gasteiger partial charge in [0.05, 0.1) is 12.1 Å². The van der Waals surface area contributed by atoms with E-state index in [1.807, 2.05) is 30.3 Å². The first-order valence-corrected chi connectivity index (χ1v) is 4.15. The van der Waals surface area contributed by atoms with Crippen molar-refractivity contribution in [3.05, 3.63) is 35.9 Å². The molecule has 0 radical (unpaired) electrons. The summed E-state index contributed by atoms with van der Waals surface area (Å²) in [6.07, 6.45) is -0.338. The van der Waals surface area contributed by atoms with Crippen molar-refractivity contribution in [1.82, 2.24) is 10.9 Å². The minimum Gasteiger partial charge on any atom is -0.314 e. The van der Waals surface area contributed by atoms with E-state index in [1.54, 1.807) is 0 Å². The number of carbonyl (C=O) groups excluding carboxylic acids is 1. The van der Waals surface area contributed by atoms with Crippen molar-refractivity contribution < 1.29 is 4.79 Å². The van der Waals surface area contributed by atoms with Gasteiger partial charge in [-0.05, 0) is 5.56 Å². The molecule has 4 nitrogen and oxygen atoms in total. The van der Waals surface area contributed by atoms with Gasteiger partial charge in [0.25, 0.3) is 0 Å². The molecule has 1 fully saturated rings. The molecule has 2 rings (SSSR count). The molecule has 13 heavy (non-hydrogen) atoms. The van der Waals surface area contributed by atoms with Crippen LogP contribution in [0.15, 0.2) is 30.3 Å². The summed E-state index contributed by atoms with van der Waals surface area (Å²) >= 11 is 0. The normalized spacial score (nSPS) is 27.3. The maximum absolute atomic E-state index is 11.3. The van der Waals surface area contributed by atoms with Gasteiger partial charge >= 0.3 is 0 Å². The molecule has 68 valence electrons. The molecule has 0 spiro atoms. The number of benzene rings is 1. The predicted octanol–water partition coefficient (Wildman–Crippen LogP) is -0.311. The molecule has 1 aliphatic rings. The molecule has 4 heteroatoms. The zero-order valence-electron chi connectivity index (χ0n) is 7.03. The van der Waals surface area contributed by atoms with E-state index in [0.717, 1.165) is 5.56 Å². The van der Waals surface area contributed by atoms with Crippen molar-refractivity contribution in [3.63, 3.8) is 0 Å². The quantitative estimate of drug-likeness (QED) is 0.551. The minimum atomic E-state index is -0.338. The molecular weight excluding hydrogens is 166 g/mol. The monoisotopic (exact) mass is 177 g/mol. The van der Waals surface area contributed by atoms with Crippen LogP contribution in [0.5, 0.6) is 0 Å². The molecule has 4 N–H and O–H groups in total. The molecular formula is C9H11N3O. The van der Waals surface area contributed by atoms with Gasteiger partial charge in [-0.1, -0.05) is 30.3 Å². The summed E-state index contributed by atoms with van der Waals surface area (Å²) in [4.78, 5) is 11.3. The Morgan fingerprint density at radius 2 is 1.92 bits per heavy atom. The van der Waals surface area contributed by atoms with Gasteiger partial charge in [0.15, 0.2) is 0 Å². The molecule has 1 saturated heterocycles. The van der Waals surface area contributed by atoms with Gasteiger partial charge in [-0.15, -0.1) is 0 Å². The highest BCUT2D eigenvalue weighted by molar-refractivity contribution is 5.85. The van der Waals surface area contributed by atoms with E-state index in [2.05, 4.69) is 10.9 Å². The van der Waals surface area contributed by atoms with Gasteiger partial charge < -0.3 is 5.73 Å². The van der Waals surface area contributed by atoms with Crippen LogP contribution in [-0.2, 0) is 4.79 Å². The lowest BCUT2D eigenvalue weighted by Gasteiger charge is -2.11. The standard InChI is InChI=1S/C9H11N3O/c10-8-7(9(13)12-11-8)6-4-2-1-3-5-6/h1-5,7-8,11H,10H2,(H,12,13). The lowest BCUT2D eigenvalue weighted by Crippen LogP contribution is -2.38. The molecule has 1 aromatic rings. The van der Waals surface area contributed by atoms with Gasteiger partial charge in [0.2, 0.25) is 5.91 Å². The van der Waals surface area contributed by atoms with Crippen molar-refractivity contribution in [2.45, 2.75) is 12.1 Å². The van der Waals surface area contributed by atoms with E-state index in [0.29, 0.717) is 0 Å². The van der Waals surface area contributed by atoms with Gasteiger partial charge in [0.1, 0.15) is 0 Å². The largest absolute Gasteiger partial charge is 0.314 e. The number of hydrogen-bond acceptors (Lipinski definition) is 3. The number of hydrogen-bond donors (Lipinski definition) is 3. The number of hydrazine groups is 1. The summed E-state index contributed by atoms with van der Waals surface area (Å²) < 4.78 is 0. The summed E-state index contributed by atoms with van der Waals surface area (Å²) in [5.74, 6) is -0.347. The Morgan fingerprint density at radius 3 is 2.46 bits per heavy atom. The molecule has 1 aliphatic heterocycles. The number of rotatable bonds is 1. The van der Waals surface area contributed by atoms with Gasteiger partial charge in [0, 0.05) is 0 Å². The summed E-state index contributed by atoms with van der Waals surface area (Å²) in [5.41, 5.74) is 11.8. The molecule has 0 bridgehead atoms. The lowest BCUT2D eigenvalue weighted by molar-refractivity contribution is -0.120. The van der Waals surface area contributed by atoms with Crippen LogP contribution >= 0.6 is 0 Å². The van der Waals surface area contributed by atoms with Gasteiger partial charge in [-0.2, -0.15) is 0 Å². The zero-order chi connectivity index (χ0) is 9.26. The van der Waals surface area contributed by atoms with E-state index in [1.165, 1.54) is 0 Å². The highest BCUT2D eigenvalue weighted by Gasteiger charge is 2.32.